The Balaban J connectivity index is 1.96. The maximum absolute atomic E-state index is 12.6. The molecule has 0 bridgehead atoms. The van der Waals surface area contributed by atoms with Gasteiger partial charge in [-0.05, 0) is 26.8 Å². The molecule has 1 aromatic rings. The number of likely N-dealkylation sites (N-methyl/N-ethyl adjacent to an activating group) is 1. The van der Waals surface area contributed by atoms with E-state index < -0.39 is 5.60 Å². The molecule has 2 amide bonds. The Bertz CT molecular complexity index is 597. The summed E-state index contributed by atoms with van der Waals surface area (Å²) in [5.74, 6) is -0.241. The first-order valence-electron chi connectivity index (χ1n) is 7.95. The van der Waals surface area contributed by atoms with Crippen LogP contribution in [0.5, 0.6) is 0 Å². The van der Waals surface area contributed by atoms with Gasteiger partial charge < -0.3 is 19.3 Å². The van der Waals surface area contributed by atoms with E-state index in [-0.39, 0.29) is 31.1 Å². The number of morpholine rings is 1. The van der Waals surface area contributed by atoms with E-state index in [0.29, 0.717) is 18.8 Å². The summed E-state index contributed by atoms with van der Waals surface area (Å²) in [4.78, 5) is 27.4. The van der Waals surface area contributed by atoms with Crippen molar-refractivity contribution in [3.8, 4) is 0 Å². The van der Waals surface area contributed by atoms with Gasteiger partial charge in [-0.2, -0.15) is 5.10 Å². The minimum absolute atomic E-state index is 0.000203. The molecule has 8 heteroatoms. The number of ether oxygens (including phenoxy) is 2. The molecule has 1 aromatic heterocycles. The maximum Gasteiger partial charge on any atom is 0.274 e. The zero-order chi connectivity index (χ0) is 17.9. The average molecular weight is 338 g/mol. The third kappa shape index (κ3) is 4.78. The zero-order valence-corrected chi connectivity index (χ0v) is 15.0. The Morgan fingerprint density at radius 1 is 1.50 bits per heavy atom. The second kappa shape index (κ2) is 7.31. The number of amides is 2. The molecule has 1 fully saturated rings. The quantitative estimate of drug-likeness (QED) is 0.842. The van der Waals surface area contributed by atoms with Crippen molar-refractivity contribution < 1.29 is 19.1 Å². The van der Waals surface area contributed by atoms with Crippen molar-refractivity contribution in [1.82, 2.24) is 20.0 Å². The van der Waals surface area contributed by atoms with Gasteiger partial charge in [0.15, 0.2) is 0 Å². The van der Waals surface area contributed by atoms with Gasteiger partial charge in [0.1, 0.15) is 12.3 Å². The van der Waals surface area contributed by atoms with Gasteiger partial charge in [-0.15, -0.1) is 0 Å². The number of rotatable bonds is 5. The van der Waals surface area contributed by atoms with Crippen molar-refractivity contribution in [3.63, 3.8) is 0 Å². The molecule has 0 spiro atoms. The molecule has 0 saturated carbocycles. The van der Waals surface area contributed by atoms with E-state index in [1.54, 1.807) is 25.1 Å². The first-order chi connectivity index (χ1) is 11.2. The minimum atomic E-state index is -0.487. The van der Waals surface area contributed by atoms with Crippen LogP contribution in [-0.2, 0) is 14.3 Å². The number of hydrogen-bond acceptors (Lipinski definition) is 5. The van der Waals surface area contributed by atoms with Crippen LogP contribution in [-0.4, -0.2) is 83.9 Å². The minimum Gasteiger partial charge on any atom is -0.369 e. The fourth-order valence-corrected chi connectivity index (χ4v) is 2.63. The second-order valence-corrected chi connectivity index (χ2v) is 6.92. The highest BCUT2D eigenvalue weighted by molar-refractivity contribution is 5.92. The largest absolute Gasteiger partial charge is 0.369 e. The number of carbonyl (C=O) groups excluding carboxylic acids is 2. The van der Waals surface area contributed by atoms with Gasteiger partial charge >= 0.3 is 0 Å². The van der Waals surface area contributed by atoms with Crippen LogP contribution < -0.4 is 0 Å². The molecule has 0 aliphatic carbocycles. The number of aromatic amines is 1. The van der Waals surface area contributed by atoms with E-state index in [0.717, 1.165) is 5.69 Å². The lowest BCUT2D eigenvalue weighted by atomic mass is 10.0. The molecule has 24 heavy (non-hydrogen) atoms. The molecule has 1 aliphatic heterocycles. The molecule has 0 radical (unpaired) electrons. The highest BCUT2D eigenvalue weighted by Gasteiger charge is 2.36. The van der Waals surface area contributed by atoms with Gasteiger partial charge in [0.25, 0.3) is 5.91 Å². The fourth-order valence-electron chi connectivity index (χ4n) is 2.63. The molecule has 8 nitrogen and oxygen atoms in total. The van der Waals surface area contributed by atoms with E-state index in [1.807, 2.05) is 20.8 Å². The molecule has 1 saturated heterocycles. The van der Waals surface area contributed by atoms with Crippen LogP contribution in [0, 0.1) is 6.92 Å². The number of aromatic nitrogens is 2. The summed E-state index contributed by atoms with van der Waals surface area (Å²) in [6.07, 6.45) is -0.285. The number of carbonyl (C=O) groups is 2. The summed E-state index contributed by atoms with van der Waals surface area (Å²) < 4.78 is 11.4. The lowest BCUT2D eigenvalue weighted by Gasteiger charge is -2.42. The summed E-state index contributed by atoms with van der Waals surface area (Å²) in [6.45, 7) is 6.85. The Labute approximate surface area is 142 Å². The van der Waals surface area contributed by atoms with Gasteiger partial charge in [-0.25, -0.2) is 0 Å². The SMILES string of the molecule is Cc1cc(C(=O)N2CC(COCC(=O)N(C)C)OC(C)(C)C2)n[nH]1. The van der Waals surface area contributed by atoms with E-state index in [9.17, 15) is 9.59 Å². The molecular weight excluding hydrogens is 312 g/mol. The van der Waals surface area contributed by atoms with Gasteiger partial charge in [-0.3, -0.25) is 14.7 Å². The summed E-state index contributed by atoms with van der Waals surface area (Å²) >= 11 is 0. The Morgan fingerprint density at radius 2 is 2.21 bits per heavy atom. The molecule has 134 valence electrons. The molecule has 1 unspecified atom stereocenters. The summed E-state index contributed by atoms with van der Waals surface area (Å²) in [6, 6.07) is 1.73. The van der Waals surface area contributed by atoms with Crippen LogP contribution in [0.1, 0.15) is 30.0 Å². The first-order valence-corrected chi connectivity index (χ1v) is 7.95. The van der Waals surface area contributed by atoms with Crippen molar-refractivity contribution in [2.45, 2.75) is 32.5 Å². The maximum atomic E-state index is 12.6. The zero-order valence-electron chi connectivity index (χ0n) is 15.0. The first kappa shape index (κ1) is 18.4. The number of hydrogen-bond donors (Lipinski definition) is 1. The molecule has 1 N–H and O–H groups in total. The normalized spacial score (nSPS) is 20.0. The third-order valence-electron chi connectivity index (χ3n) is 3.72. The van der Waals surface area contributed by atoms with Crippen molar-refractivity contribution in [2.75, 3.05) is 40.4 Å². The van der Waals surface area contributed by atoms with Crippen molar-refractivity contribution >= 4 is 11.8 Å². The van der Waals surface area contributed by atoms with Crippen molar-refractivity contribution in [3.05, 3.63) is 17.5 Å². The third-order valence-corrected chi connectivity index (χ3v) is 3.72. The second-order valence-electron chi connectivity index (χ2n) is 6.92. The standard InChI is InChI=1S/C16H26N4O4/c1-11-6-13(18-17-11)15(22)20-7-12(24-16(2,3)10-20)8-23-9-14(21)19(4)5/h6,12H,7-10H2,1-5H3,(H,17,18). The molecule has 1 atom stereocenters. The lowest BCUT2D eigenvalue weighted by Crippen LogP contribution is -2.56. The van der Waals surface area contributed by atoms with Crippen LogP contribution in [0.25, 0.3) is 0 Å². The predicted octanol–water partition coefficient (Wildman–Crippen LogP) is 0.443. The average Bonchev–Trinajstić information content (AvgIpc) is 2.91. The summed E-state index contributed by atoms with van der Waals surface area (Å²) in [5, 5.41) is 6.81. The van der Waals surface area contributed by atoms with Gasteiger partial charge in [-0.1, -0.05) is 0 Å². The predicted molar refractivity (Wildman–Crippen MR) is 87.7 cm³/mol. The Kier molecular flexibility index (Phi) is 5.61. The van der Waals surface area contributed by atoms with Crippen LogP contribution >= 0.6 is 0 Å². The number of H-pyrrole nitrogens is 1. The van der Waals surface area contributed by atoms with Crippen LogP contribution in [0.3, 0.4) is 0 Å². The smallest absolute Gasteiger partial charge is 0.274 e. The van der Waals surface area contributed by atoms with E-state index >= 15 is 0 Å². The molecule has 0 aromatic carbocycles. The summed E-state index contributed by atoms with van der Waals surface area (Å²) in [5.41, 5.74) is 0.749. The van der Waals surface area contributed by atoms with Crippen molar-refractivity contribution in [1.29, 1.82) is 0 Å². The monoisotopic (exact) mass is 338 g/mol. The van der Waals surface area contributed by atoms with Gasteiger partial charge in [0.05, 0.1) is 18.3 Å². The topological polar surface area (TPSA) is 87.8 Å². The van der Waals surface area contributed by atoms with Crippen LogP contribution in [0.2, 0.25) is 0 Å². The van der Waals surface area contributed by atoms with Crippen LogP contribution in [0.4, 0.5) is 0 Å². The highest BCUT2D eigenvalue weighted by Crippen LogP contribution is 2.22. The Hall–Kier alpha value is -1.93. The van der Waals surface area contributed by atoms with E-state index in [1.165, 1.54) is 4.90 Å². The van der Waals surface area contributed by atoms with Crippen molar-refractivity contribution in [2.24, 2.45) is 0 Å². The molecule has 2 rings (SSSR count). The number of nitrogens with one attached hydrogen (secondary N) is 1. The summed E-state index contributed by atoms with van der Waals surface area (Å²) in [7, 11) is 3.36. The lowest BCUT2D eigenvalue weighted by molar-refractivity contribution is -0.153. The Morgan fingerprint density at radius 3 is 2.79 bits per heavy atom. The number of nitrogens with zero attached hydrogens (tertiary/aromatic N) is 3. The molecule has 1 aliphatic rings. The fraction of sp³-hybridized carbons (Fsp3) is 0.688. The van der Waals surface area contributed by atoms with E-state index in [2.05, 4.69) is 10.2 Å². The van der Waals surface area contributed by atoms with Gasteiger partial charge in [0, 0.05) is 32.9 Å². The van der Waals surface area contributed by atoms with E-state index in [4.69, 9.17) is 9.47 Å². The van der Waals surface area contributed by atoms with Gasteiger partial charge in [0.2, 0.25) is 5.91 Å². The van der Waals surface area contributed by atoms with Crippen LogP contribution in [0.15, 0.2) is 6.07 Å². The number of aryl methyl sites for hydroxylation is 1. The molecular formula is C16H26N4O4. The molecule has 2 heterocycles. The highest BCUT2D eigenvalue weighted by atomic mass is 16.6.